The zero-order chi connectivity index (χ0) is 13.2. The third-order valence-corrected chi connectivity index (χ3v) is 4.98. The summed E-state index contributed by atoms with van der Waals surface area (Å²) in [6.45, 7) is 4.66. The molecule has 0 fully saturated rings. The molecule has 0 heterocycles. The molecule has 0 heteroatoms. The maximum atomic E-state index is 2.33. The summed E-state index contributed by atoms with van der Waals surface area (Å²) in [5.74, 6) is 0.858. The van der Waals surface area contributed by atoms with Gasteiger partial charge in [0.1, 0.15) is 0 Å². The van der Waals surface area contributed by atoms with E-state index in [1.807, 2.05) is 0 Å². The van der Waals surface area contributed by atoms with Gasteiger partial charge < -0.3 is 0 Å². The van der Waals surface area contributed by atoms with Crippen molar-refractivity contribution in [1.29, 1.82) is 0 Å². The van der Waals surface area contributed by atoms with Crippen LogP contribution in [0.15, 0.2) is 52.6 Å². The average molecular weight is 252 g/mol. The molecular formula is C19H24. The van der Waals surface area contributed by atoms with Crippen molar-refractivity contribution in [2.75, 3.05) is 0 Å². The second-order valence-corrected chi connectivity index (χ2v) is 6.32. The van der Waals surface area contributed by atoms with Gasteiger partial charge >= 0.3 is 0 Å². The van der Waals surface area contributed by atoms with Crippen LogP contribution in [0.2, 0.25) is 0 Å². The first-order chi connectivity index (χ1) is 9.24. The van der Waals surface area contributed by atoms with Crippen LogP contribution in [-0.2, 0) is 6.42 Å². The number of fused-ring (bicyclic) bond motifs is 1. The van der Waals surface area contributed by atoms with Crippen molar-refractivity contribution < 1.29 is 0 Å². The first-order valence-corrected chi connectivity index (χ1v) is 7.64. The van der Waals surface area contributed by atoms with E-state index >= 15 is 0 Å². The molecule has 2 aliphatic rings. The normalized spacial score (nSPS) is 23.6. The molecule has 0 saturated carbocycles. The number of rotatable bonds is 2. The molecule has 3 rings (SSSR count). The van der Waals surface area contributed by atoms with Crippen molar-refractivity contribution in [3.05, 3.63) is 58.2 Å². The smallest absolute Gasteiger partial charge is 0.00642 e. The number of hydrogen-bond acceptors (Lipinski definition) is 0. The van der Waals surface area contributed by atoms with Gasteiger partial charge in [-0.05, 0) is 63.9 Å². The first-order valence-electron chi connectivity index (χ1n) is 7.64. The summed E-state index contributed by atoms with van der Waals surface area (Å²) in [7, 11) is 0. The largest absolute Gasteiger partial charge is 0.0735 e. The Bertz CT molecular complexity index is 516. The summed E-state index contributed by atoms with van der Waals surface area (Å²) < 4.78 is 0. The molecule has 0 saturated heterocycles. The Hall–Kier alpha value is -1.30. The summed E-state index contributed by atoms with van der Waals surface area (Å²) in [6, 6.07) is 11.0. The molecule has 0 bridgehead atoms. The lowest BCUT2D eigenvalue weighted by atomic mass is 9.72. The van der Waals surface area contributed by atoms with E-state index in [1.165, 1.54) is 44.1 Å². The fourth-order valence-electron chi connectivity index (χ4n) is 3.70. The Balaban J connectivity index is 1.89. The van der Waals surface area contributed by atoms with E-state index in [0.717, 1.165) is 5.92 Å². The van der Waals surface area contributed by atoms with Crippen LogP contribution in [0.4, 0.5) is 0 Å². The van der Waals surface area contributed by atoms with Gasteiger partial charge in [0.15, 0.2) is 0 Å². The van der Waals surface area contributed by atoms with E-state index in [1.54, 1.807) is 22.3 Å². The highest BCUT2D eigenvalue weighted by Gasteiger charge is 2.27. The molecule has 19 heavy (non-hydrogen) atoms. The molecule has 1 aromatic rings. The van der Waals surface area contributed by atoms with Crippen LogP contribution < -0.4 is 0 Å². The molecule has 0 radical (unpaired) electrons. The third-order valence-electron chi connectivity index (χ3n) is 4.98. The Morgan fingerprint density at radius 3 is 2.63 bits per heavy atom. The lowest BCUT2D eigenvalue weighted by molar-refractivity contribution is 0.463. The molecule has 1 atom stereocenters. The fraction of sp³-hybridized carbons (Fsp3) is 0.474. The van der Waals surface area contributed by atoms with Crippen molar-refractivity contribution in [2.45, 2.75) is 52.4 Å². The highest BCUT2D eigenvalue weighted by Crippen LogP contribution is 2.42. The molecule has 0 amide bonds. The number of allylic oxidation sites excluding steroid dienone is 4. The van der Waals surface area contributed by atoms with Crippen LogP contribution >= 0.6 is 0 Å². The van der Waals surface area contributed by atoms with Crippen molar-refractivity contribution >= 4 is 0 Å². The molecule has 0 N–H and O–H groups in total. The lowest BCUT2D eigenvalue weighted by Crippen LogP contribution is -2.18. The molecular weight excluding hydrogens is 228 g/mol. The van der Waals surface area contributed by atoms with Crippen LogP contribution in [0.3, 0.4) is 0 Å². The molecule has 2 aliphatic carbocycles. The predicted molar refractivity (Wildman–Crippen MR) is 82.1 cm³/mol. The van der Waals surface area contributed by atoms with Gasteiger partial charge in [-0.2, -0.15) is 0 Å². The van der Waals surface area contributed by atoms with Crippen molar-refractivity contribution in [3.8, 4) is 0 Å². The van der Waals surface area contributed by atoms with Gasteiger partial charge in [0, 0.05) is 0 Å². The van der Waals surface area contributed by atoms with Crippen molar-refractivity contribution in [2.24, 2.45) is 5.92 Å². The summed E-state index contributed by atoms with van der Waals surface area (Å²) in [5, 5.41) is 0. The quantitative estimate of drug-likeness (QED) is 0.613. The van der Waals surface area contributed by atoms with Gasteiger partial charge in [-0.25, -0.2) is 0 Å². The summed E-state index contributed by atoms with van der Waals surface area (Å²) in [6.07, 6.45) is 7.88. The average Bonchev–Trinajstić information content (AvgIpc) is 2.42. The van der Waals surface area contributed by atoms with Gasteiger partial charge in [0.05, 0.1) is 0 Å². The summed E-state index contributed by atoms with van der Waals surface area (Å²) in [5.41, 5.74) is 8.29. The number of hydrogen-bond donors (Lipinski definition) is 0. The minimum atomic E-state index is 0.858. The van der Waals surface area contributed by atoms with E-state index in [0.29, 0.717) is 0 Å². The van der Waals surface area contributed by atoms with Crippen LogP contribution in [0.1, 0.15) is 51.5 Å². The minimum absolute atomic E-state index is 0.858. The van der Waals surface area contributed by atoms with Crippen molar-refractivity contribution in [1.82, 2.24) is 0 Å². The van der Waals surface area contributed by atoms with Gasteiger partial charge in [-0.15, -0.1) is 0 Å². The Morgan fingerprint density at radius 1 is 1.05 bits per heavy atom. The highest BCUT2D eigenvalue weighted by molar-refractivity contribution is 5.35. The van der Waals surface area contributed by atoms with Crippen LogP contribution in [0.5, 0.6) is 0 Å². The maximum Gasteiger partial charge on any atom is -0.00642 e. The molecule has 0 spiro atoms. The maximum absolute atomic E-state index is 2.33. The van der Waals surface area contributed by atoms with E-state index < -0.39 is 0 Å². The first kappa shape index (κ1) is 12.7. The lowest BCUT2D eigenvalue weighted by Gasteiger charge is -2.34. The molecule has 1 aromatic carbocycles. The predicted octanol–water partition coefficient (Wildman–Crippen LogP) is 5.46. The minimum Gasteiger partial charge on any atom is -0.0735 e. The van der Waals surface area contributed by atoms with Crippen molar-refractivity contribution in [3.63, 3.8) is 0 Å². The second kappa shape index (κ2) is 5.36. The highest BCUT2D eigenvalue weighted by atomic mass is 14.3. The molecule has 0 aliphatic heterocycles. The van der Waals surface area contributed by atoms with Crippen LogP contribution in [-0.4, -0.2) is 0 Å². The van der Waals surface area contributed by atoms with Gasteiger partial charge in [0.2, 0.25) is 0 Å². The zero-order valence-corrected chi connectivity index (χ0v) is 12.2. The Labute approximate surface area is 117 Å². The van der Waals surface area contributed by atoms with Gasteiger partial charge in [-0.3, -0.25) is 0 Å². The SMILES string of the molecule is CC1=C(C)CC2CCCC(Cc3ccccc3)=C2C1. The summed E-state index contributed by atoms with van der Waals surface area (Å²) in [4.78, 5) is 0. The molecule has 1 unspecified atom stereocenters. The van der Waals surface area contributed by atoms with Gasteiger partial charge in [0.25, 0.3) is 0 Å². The Kier molecular flexibility index (Phi) is 3.59. The van der Waals surface area contributed by atoms with E-state index in [2.05, 4.69) is 44.2 Å². The fourth-order valence-corrected chi connectivity index (χ4v) is 3.70. The zero-order valence-electron chi connectivity index (χ0n) is 12.2. The monoisotopic (exact) mass is 252 g/mol. The molecule has 100 valence electrons. The standard InChI is InChI=1S/C19H24/c1-14-11-17-9-6-10-18(19(17)12-15(14)2)13-16-7-4-3-5-8-16/h3-5,7-8,17H,6,9-13H2,1-2H3. The summed E-state index contributed by atoms with van der Waals surface area (Å²) >= 11 is 0. The number of benzene rings is 1. The van der Waals surface area contributed by atoms with E-state index in [-0.39, 0.29) is 0 Å². The third kappa shape index (κ3) is 2.68. The topological polar surface area (TPSA) is 0 Å². The van der Waals surface area contributed by atoms with Crippen LogP contribution in [0, 0.1) is 5.92 Å². The van der Waals surface area contributed by atoms with Gasteiger partial charge in [-0.1, -0.05) is 52.6 Å². The van der Waals surface area contributed by atoms with E-state index in [9.17, 15) is 0 Å². The second-order valence-electron chi connectivity index (χ2n) is 6.32. The molecule has 0 aromatic heterocycles. The Morgan fingerprint density at radius 2 is 1.84 bits per heavy atom. The van der Waals surface area contributed by atoms with E-state index in [4.69, 9.17) is 0 Å². The van der Waals surface area contributed by atoms with Crippen LogP contribution in [0.25, 0.3) is 0 Å². The molecule has 0 nitrogen and oxygen atoms in total.